The van der Waals surface area contributed by atoms with Crippen molar-refractivity contribution in [3.05, 3.63) is 47.9 Å². The number of aliphatic imine (C=N–C) groups is 1. The minimum Gasteiger partial charge on any atom is -0.339 e. The Balaban J connectivity index is 0. The van der Waals surface area contributed by atoms with Crippen LogP contribution >= 0.6 is 0 Å². The predicted octanol–water partition coefficient (Wildman–Crippen LogP) is 6.44. The van der Waals surface area contributed by atoms with Gasteiger partial charge < -0.3 is 9.36 Å². The average Bonchev–Trinajstić information content (AvgIpc) is 3.06. The van der Waals surface area contributed by atoms with E-state index in [0.717, 1.165) is 42.0 Å². The van der Waals surface area contributed by atoms with Gasteiger partial charge in [0.25, 0.3) is 0 Å². The van der Waals surface area contributed by atoms with Crippen LogP contribution in [0.15, 0.2) is 41.4 Å². The number of carbonyl (C=O) groups is 1. The number of rotatable bonds is 5. The lowest BCUT2D eigenvalue weighted by molar-refractivity contribution is -0.0979. The SMILES string of the molecule is C=C(C)C(=NCCC)c1cc2c(F)cccc2n1CC.C=O.CC.CC. The molecular formula is C22H35FN2O. The Morgan fingerprint density at radius 3 is 2.19 bits per heavy atom. The normalized spacial score (nSPS) is 9.92. The molecule has 0 amide bonds. The van der Waals surface area contributed by atoms with Crippen LogP contribution in [-0.2, 0) is 11.3 Å². The van der Waals surface area contributed by atoms with Crippen molar-refractivity contribution in [3.63, 3.8) is 0 Å². The molecule has 0 aliphatic rings. The smallest absolute Gasteiger partial charge is 0.132 e. The first-order chi connectivity index (χ1) is 12.6. The summed E-state index contributed by atoms with van der Waals surface area (Å²) >= 11 is 0. The minimum absolute atomic E-state index is 0.187. The summed E-state index contributed by atoms with van der Waals surface area (Å²) in [7, 11) is 0. The van der Waals surface area contributed by atoms with E-state index >= 15 is 0 Å². The van der Waals surface area contributed by atoms with Gasteiger partial charge in [-0.25, -0.2) is 4.39 Å². The molecule has 0 aliphatic carbocycles. The Labute approximate surface area is 158 Å². The van der Waals surface area contributed by atoms with Crippen molar-refractivity contribution in [3.8, 4) is 0 Å². The molecule has 0 unspecified atom stereocenters. The van der Waals surface area contributed by atoms with Crippen LogP contribution in [0, 0.1) is 5.82 Å². The number of halogens is 1. The van der Waals surface area contributed by atoms with Gasteiger partial charge in [0.2, 0.25) is 0 Å². The van der Waals surface area contributed by atoms with Crippen LogP contribution in [0.2, 0.25) is 0 Å². The van der Waals surface area contributed by atoms with Crippen molar-refractivity contribution in [2.75, 3.05) is 6.54 Å². The van der Waals surface area contributed by atoms with Crippen molar-refractivity contribution in [1.29, 1.82) is 0 Å². The van der Waals surface area contributed by atoms with Crippen LogP contribution in [0.1, 0.15) is 60.6 Å². The number of benzene rings is 1. The van der Waals surface area contributed by atoms with Crippen molar-refractivity contribution >= 4 is 23.4 Å². The summed E-state index contributed by atoms with van der Waals surface area (Å²) in [6.45, 7) is 21.7. The summed E-state index contributed by atoms with van der Waals surface area (Å²) in [5.41, 5.74) is 3.65. The number of hydrogen-bond donors (Lipinski definition) is 0. The topological polar surface area (TPSA) is 34.4 Å². The molecule has 0 aliphatic heterocycles. The molecule has 26 heavy (non-hydrogen) atoms. The summed E-state index contributed by atoms with van der Waals surface area (Å²) in [6.07, 6.45) is 0.984. The maximum absolute atomic E-state index is 14.0. The van der Waals surface area contributed by atoms with Crippen molar-refractivity contribution in [1.82, 2.24) is 4.57 Å². The van der Waals surface area contributed by atoms with Gasteiger partial charge in [-0.1, -0.05) is 47.3 Å². The van der Waals surface area contributed by atoms with Crippen LogP contribution in [0.4, 0.5) is 4.39 Å². The number of nitrogens with zero attached hydrogens (tertiary/aromatic N) is 2. The lowest BCUT2D eigenvalue weighted by Gasteiger charge is -2.11. The third kappa shape index (κ3) is 6.58. The second kappa shape index (κ2) is 15.1. The molecule has 2 aromatic rings. The van der Waals surface area contributed by atoms with E-state index in [4.69, 9.17) is 4.79 Å². The molecule has 0 radical (unpaired) electrons. The Morgan fingerprint density at radius 2 is 1.73 bits per heavy atom. The molecule has 1 aromatic carbocycles. The first kappa shape index (κ1) is 26.0. The summed E-state index contributed by atoms with van der Waals surface area (Å²) < 4.78 is 16.1. The van der Waals surface area contributed by atoms with E-state index in [9.17, 15) is 4.39 Å². The van der Waals surface area contributed by atoms with Gasteiger partial charge in [-0.15, -0.1) is 0 Å². The molecule has 146 valence electrons. The van der Waals surface area contributed by atoms with Gasteiger partial charge in [-0.3, -0.25) is 4.99 Å². The number of carbonyl (C=O) groups excluding carboxylic acids is 1. The van der Waals surface area contributed by atoms with Gasteiger partial charge in [0, 0.05) is 18.5 Å². The Hall–Kier alpha value is -2.23. The van der Waals surface area contributed by atoms with E-state index in [1.807, 2.05) is 53.5 Å². The Kier molecular flexibility index (Phi) is 15.1. The highest BCUT2D eigenvalue weighted by Crippen LogP contribution is 2.24. The van der Waals surface area contributed by atoms with Gasteiger partial charge in [-0.2, -0.15) is 0 Å². The minimum atomic E-state index is -0.187. The quantitative estimate of drug-likeness (QED) is 0.563. The molecule has 2 rings (SSSR count). The van der Waals surface area contributed by atoms with Crippen molar-refractivity contribution in [2.24, 2.45) is 4.99 Å². The van der Waals surface area contributed by atoms with Gasteiger partial charge in [0.1, 0.15) is 12.6 Å². The third-order valence-electron chi connectivity index (χ3n) is 3.35. The number of fused-ring (bicyclic) bond motifs is 1. The highest BCUT2D eigenvalue weighted by atomic mass is 19.1. The molecule has 1 aromatic heterocycles. The first-order valence-electron chi connectivity index (χ1n) is 9.37. The summed E-state index contributed by atoms with van der Waals surface area (Å²) in [5.74, 6) is -0.187. The van der Waals surface area contributed by atoms with Crippen molar-refractivity contribution in [2.45, 2.75) is 61.4 Å². The fourth-order valence-corrected chi connectivity index (χ4v) is 2.44. The maximum atomic E-state index is 14.0. The molecular weight excluding hydrogens is 327 g/mol. The number of aryl methyl sites for hydroxylation is 1. The van der Waals surface area contributed by atoms with Gasteiger partial charge in [-0.05, 0) is 44.0 Å². The van der Waals surface area contributed by atoms with Crippen LogP contribution in [0.3, 0.4) is 0 Å². The fourth-order valence-electron chi connectivity index (χ4n) is 2.44. The third-order valence-corrected chi connectivity index (χ3v) is 3.35. The monoisotopic (exact) mass is 362 g/mol. The number of allylic oxidation sites excluding steroid dienone is 1. The lowest BCUT2D eigenvalue weighted by atomic mass is 10.1. The number of hydrogen-bond acceptors (Lipinski definition) is 2. The molecule has 1 heterocycles. The molecule has 0 N–H and O–H groups in total. The number of aromatic nitrogens is 1. The van der Waals surface area contributed by atoms with E-state index < -0.39 is 0 Å². The Bertz CT molecular complexity index is 687. The van der Waals surface area contributed by atoms with Gasteiger partial charge in [0.05, 0.1) is 16.9 Å². The lowest BCUT2D eigenvalue weighted by Crippen LogP contribution is -2.10. The predicted molar refractivity (Wildman–Crippen MR) is 114 cm³/mol. The van der Waals surface area contributed by atoms with Gasteiger partial charge >= 0.3 is 0 Å². The first-order valence-corrected chi connectivity index (χ1v) is 9.37. The van der Waals surface area contributed by atoms with E-state index in [1.54, 1.807) is 6.07 Å². The molecule has 0 bridgehead atoms. The standard InChI is InChI=1S/C17H21FN2.2C2H6.CH2O/c1-5-10-19-17(12(3)4)16-11-13-14(18)8-7-9-15(13)20(16)6-2;3*1-2/h7-9,11H,3,5-6,10H2,1-2,4H3;2*1-2H3;1H2. The zero-order valence-electron chi connectivity index (χ0n) is 17.5. The summed E-state index contributed by atoms with van der Waals surface area (Å²) in [4.78, 5) is 12.6. The second-order valence-electron chi connectivity index (χ2n) is 4.96. The largest absolute Gasteiger partial charge is 0.339 e. The van der Waals surface area contributed by atoms with Crippen LogP contribution in [-0.4, -0.2) is 23.6 Å². The van der Waals surface area contributed by atoms with E-state index in [0.29, 0.717) is 5.39 Å². The molecule has 0 saturated heterocycles. The summed E-state index contributed by atoms with van der Waals surface area (Å²) in [5, 5.41) is 0.648. The zero-order chi connectivity index (χ0) is 20.7. The molecule has 0 saturated carbocycles. The average molecular weight is 363 g/mol. The highest BCUT2D eigenvalue weighted by molar-refractivity contribution is 6.13. The van der Waals surface area contributed by atoms with Crippen LogP contribution in [0.25, 0.3) is 10.9 Å². The van der Waals surface area contributed by atoms with Crippen LogP contribution in [0.5, 0.6) is 0 Å². The Morgan fingerprint density at radius 1 is 1.15 bits per heavy atom. The molecule has 0 atom stereocenters. The molecule has 3 nitrogen and oxygen atoms in total. The zero-order valence-corrected chi connectivity index (χ0v) is 17.5. The van der Waals surface area contributed by atoms with E-state index in [-0.39, 0.29) is 5.82 Å². The second-order valence-corrected chi connectivity index (χ2v) is 4.96. The molecule has 0 spiro atoms. The fraction of sp³-hybridized carbons (Fsp3) is 0.455. The molecule has 0 fully saturated rings. The van der Waals surface area contributed by atoms with Gasteiger partial charge in [0.15, 0.2) is 0 Å². The van der Waals surface area contributed by atoms with Crippen molar-refractivity contribution < 1.29 is 9.18 Å². The highest BCUT2D eigenvalue weighted by Gasteiger charge is 2.15. The molecule has 4 heteroatoms. The van der Waals surface area contributed by atoms with E-state index in [2.05, 4.69) is 30.0 Å². The summed E-state index contributed by atoms with van der Waals surface area (Å²) in [6, 6.07) is 7.07. The van der Waals surface area contributed by atoms with E-state index in [1.165, 1.54) is 6.07 Å². The van der Waals surface area contributed by atoms with Crippen LogP contribution < -0.4 is 0 Å². The maximum Gasteiger partial charge on any atom is 0.132 e.